The molecule has 1 unspecified atom stereocenters. The Hall–Kier alpha value is -1.19. The highest BCUT2D eigenvalue weighted by Crippen LogP contribution is 2.30. The number of hydrogen-bond donors (Lipinski definition) is 1. The predicted octanol–water partition coefficient (Wildman–Crippen LogP) is 3.45. The summed E-state index contributed by atoms with van der Waals surface area (Å²) in [6, 6.07) is 6.50. The Bertz CT molecular complexity index is 500. The Morgan fingerprint density at radius 1 is 1.31 bits per heavy atom. The first-order chi connectivity index (χ1) is 7.58. The zero-order chi connectivity index (χ0) is 11.7. The normalized spacial score (nSPS) is 12.8. The van der Waals surface area contributed by atoms with Gasteiger partial charge < -0.3 is 5.73 Å². The van der Waals surface area contributed by atoms with Crippen LogP contribution in [0, 0.1) is 13.8 Å². The lowest BCUT2D eigenvalue weighted by atomic mass is 10.1. The Morgan fingerprint density at radius 3 is 2.62 bits per heavy atom. The molecule has 2 rings (SSSR count). The van der Waals surface area contributed by atoms with Crippen molar-refractivity contribution in [3.63, 3.8) is 0 Å². The van der Waals surface area contributed by atoms with Crippen molar-refractivity contribution in [3.8, 4) is 10.6 Å². The maximum Gasteiger partial charge on any atom is 0.123 e. The summed E-state index contributed by atoms with van der Waals surface area (Å²) in [6.45, 7) is 6.21. The number of aryl methyl sites for hydroxylation is 2. The quantitative estimate of drug-likeness (QED) is 0.861. The number of aromatic nitrogens is 1. The van der Waals surface area contributed by atoms with Crippen LogP contribution in [0.5, 0.6) is 0 Å². The van der Waals surface area contributed by atoms with E-state index in [9.17, 15) is 0 Å². The highest BCUT2D eigenvalue weighted by Gasteiger charge is 2.09. The molecule has 1 atom stereocenters. The average Bonchev–Trinajstić information content (AvgIpc) is 2.66. The number of nitrogens with zero attached hydrogens (tertiary/aromatic N) is 1. The molecule has 0 saturated heterocycles. The van der Waals surface area contributed by atoms with Gasteiger partial charge in [-0.2, -0.15) is 0 Å². The van der Waals surface area contributed by atoms with E-state index < -0.39 is 0 Å². The third kappa shape index (κ3) is 2.15. The average molecular weight is 232 g/mol. The topological polar surface area (TPSA) is 38.9 Å². The van der Waals surface area contributed by atoms with Gasteiger partial charge in [-0.15, -0.1) is 11.3 Å². The fraction of sp³-hybridized carbons (Fsp3) is 0.308. The van der Waals surface area contributed by atoms with Crippen LogP contribution in [0.15, 0.2) is 24.4 Å². The summed E-state index contributed by atoms with van der Waals surface area (Å²) >= 11 is 1.68. The van der Waals surface area contributed by atoms with Gasteiger partial charge in [0.1, 0.15) is 5.01 Å². The van der Waals surface area contributed by atoms with E-state index >= 15 is 0 Å². The van der Waals surface area contributed by atoms with Crippen LogP contribution in [0.3, 0.4) is 0 Å². The summed E-state index contributed by atoms with van der Waals surface area (Å²) in [7, 11) is 0. The first-order valence-corrected chi connectivity index (χ1v) is 6.18. The van der Waals surface area contributed by atoms with Crippen molar-refractivity contribution in [2.24, 2.45) is 5.73 Å². The summed E-state index contributed by atoms with van der Waals surface area (Å²) in [5, 5.41) is 1.06. The van der Waals surface area contributed by atoms with Crippen molar-refractivity contribution in [1.29, 1.82) is 0 Å². The van der Waals surface area contributed by atoms with Crippen molar-refractivity contribution in [2.45, 2.75) is 26.8 Å². The van der Waals surface area contributed by atoms with Gasteiger partial charge in [0, 0.05) is 22.7 Å². The van der Waals surface area contributed by atoms with Gasteiger partial charge in [-0.05, 0) is 26.3 Å². The third-order valence-electron chi connectivity index (χ3n) is 2.58. The predicted molar refractivity (Wildman–Crippen MR) is 69.6 cm³/mol. The lowest BCUT2D eigenvalue weighted by molar-refractivity contribution is 0.835. The molecule has 0 bridgehead atoms. The molecule has 0 saturated carbocycles. The molecule has 0 aliphatic heterocycles. The maximum absolute atomic E-state index is 5.84. The molecule has 2 nitrogen and oxygen atoms in total. The van der Waals surface area contributed by atoms with E-state index in [-0.39, 0.29) is 6.04 Å². The molecule has 84 valence electrons. The van der Waals surface area contributed by atoms with Gasteiger partial charge in [0.05, 0.1) is 0 Å². The Morgan fingerprint density at radius 2 is 2.06 bits per heavy atom. The fourth-order valence-electron chi connectivity index (χ4n) is 1.68. The Labute approximate surface area is 100 Å². The molecule has 3 heteroatoms. The molecule has 0 radical (unpaired) electrons. The first kappa shape index (κ1) is 11.3. The summed E-state index contributed by atoms with van der Waals surface area (Å²) in [5.74, 6) is 0. The summed E-state index contributed by atoms with van der Waals surface area (Å²) < 4.78 is 0. The Balaban J connectivity index is 2.42. The SMILES string of the molecule is Cc1ccc(-c2ncc(C(C)N)s2)c(C)c1. The molecule has 0 spiro atoms. The van der Waals surface area contributed by atoms with Crippen LogP contribution in [-0.2, 0) is 0 Å². The van der Waals surface area contributed by atoms with E-state index in [4.69, 9.17) is 5.73 Å². The molecule has 2 aromatic rings. The molecule has 0 aliphatic carbocycles. The molecule has 1 aromatic carbocycles. The Kier molecular flexibility index (Phi) is 3.08. The lowest BCUT2D eigenvalue weighted by Crippen LogP contribution is -2.01. The second kappa shape index (κ2) is 4.36. The van der Waals surface area contributed by atoms with Crippen LogP contribution in [0.1, 0.15) is 29.0 Å². The molecular weight excluding hydrogens is 216 g/mol. The zero-order valence-corrected chi connectivity index (χ0v) is 10.6. The van der Waals surface area contributed by atoms with Crippen molar-refractivity contribution in [2.75, 3.05) is 0 Å². The van der Waals surface area contributed by atoms with E-state index in [1.165, 1.54) is 16.7 Å². The molecular formula is C13H16N2S. The van der Waals surface area contributed by atoms with E-state index in [0.717, 1.165) is 9.88 Å². The van der Waals surface area contributed by atoms with Crippen LogP contribution < -0.4 is 5.73 Å². The van der Waals surface area contributed by atoms with Gasteiger partial charge in [0.25, 0.3) is 0 Å². The molecule has 0 fully saturated rings. The van der Waals surface area contributed by atoms with Gasteiger partial charge in [-0.1, -0.05) is 23.8 Å². The van der Waals surface area contributed by atoms with E-state index in [0.29, 0.717) is 0 Å². The fourth-order valence-corrected chi connectivity index (χ4v) is 2.63. The molecule has 1 heterocycles. The van der Waals surface area contributed by atoms with Gasteiger partial charge in [0.2, 0.25) is 0 Å². The smallest absolute Gasteiger partial charge is 0.123 e. The standard InChI is InChI=1S/C13H16N2S/c1-8-4-5-11(9(2)6-8)13-15-7-12(16-13)10(3)14/h4-7,10H,14H2,1-3H3. The third-order valence-corrected chi connectivity index (χ3v) is 3.82. The minimum atomic E-state index is 0.0667. The molecule has 16 heavy (non-hydrogen) atoms. The summed E-state index contributed by atoms with van der Waals surface area (Å²) in [5.41, 5.74) is 9.60. The van der Waals surface area contributed by atoms with E-state index in [2.05, 4.69) is 37.0 Å². The molecule has 0 aliphatic rings. The largest absolute Gasteiger partial charge is 0.323 e. The first-order valence-electron chi connectivity index (χ1n) is 5.37. The monoisotopic (exact) mass is 232 g/mol. The number of hydrogen-bond acceptors (Lipinski definition) is 3. The van der Waals surface area contributed by atoms with Crippen LogP contribution in [0.25, 0.3) is 10.6 Å². The number of benzene rings is 1. The zero-order valence-electron chi connectivity index (χ0n) is 9.82. The highest BCUT2D eigenvalue weighted by atomic mass is 32.1. The second-order valence-electron chi connectivity index (χ2n) is 4.17. The van der Waals surface area contributed by atoms with E-state index in [1.807, 2.05) is 13.1 Å². The molecule has 1 aromatic heterocycles. The molecule has 2 N–H and O–H groups in total. The van der Waals surface area contributed by atoms with E-state index in [1.54, 1.807) is 11.3 Å². The molecule has 0 amide bonds. The number of thiazole rings is 1. The number of nitrogens with two attached hydrogens (primary N) is 1. The van der Waals surface area contributed by atoms with Crippen LogP contribution in [0.4, 0.5) is 0 Å². The van der Waals surface area contributed by atoms with Gasteiger partial charge in [-0.3, -0.25) is 0 Å². The summed E-state index contributed by atoms with van der Waals surface area (Å²) in [4.78, 5) is 5.57. The van der Waals surface area contributed by atoms with Crippen LogP contribution in [0.2, 0.25) is 0 Å². The second-order valence-corrected chi connectivity index (χ2v) is 5.24. The van der Waals surface area contributed by atoms with Crippen molar-refractivity contribution in [1.82, 2.24) is 4.98 Å². The maximum atomic E-state index is 5.84. The van der Waals surface area contributed by atoms with Gasteiger partial charge in [-0.25, -0.2) is 4.98 Å². The van der Waals surface area contributed by atoms with Crippen LogP contribution in [-0.4, -0.2) is 4.98 Å². The number of rotatable bonds is 2. The van der Waals surface area contributed by atoms with Gasteiger partial charge >= 0.3 is 0 Å². The van der Waals surface area contributed by atoms with Crippen molar-refractivity contribution in [3.05, 3.63) is 40.4 Å². The minimum Gasteiger partial charge on any atom is -0.323 e. The highest BCUT2D eigenvalue weighted by molar-refractivity contribution is 7.15. The van der Waals surface area contributed by atoms with Crippen LogP contribution >= 0.6 is 11.3 Å². The lowest BCUT2D eigenvalue weighted by Gasteiger charge is -2.03. The van der Waals surface area contributed by atoms with Gasteiger partial charge in [0.15, 0.2) is 0 Å². The minimum absolute atomic E-state index is 0.0667. The van der Waals surface area contributed by atoms with Crippen molar-refractivity contribution >= 4 is 11.3 Å². The summed E-state index contributed by atoms with van der Waals surface area (Å²) in [6.07, 6.45) is 1.88. The van der Waals surface area contributed by atoms with Crippen molar-refractivity contribution < 1.29 is 0 Å².